The van der Waals surface area contributed by atoms with Crippen LogP contribution in [0.25, 0.3) is 0 Å². The molecule has 0 spiro atoms. The average molecular weight is 292 g/mol. The number of hydrogen-bond acceptors (Lipinski definition) is 0. The van der Waals surface area contributed by atoms with Gasteiger partial charge < -0.3 is 37.0 Å². The molecule has 1 saturated carbocycles. The van der Waals surface area contributed by atoms with Crippen molar-refractivity contribution in [1.82, 2.24) is 0 Å². The first-order valence-corrected chi connectivity index (χ1v) is 6.46. The second-order valence-electron chi connectivity index (χ2n) is 5.33. The zero-order valence-electron chi connectivity index (χ0n) is 12.9. The maximum absolute atomic E-state index is 2.19. The third-order valence-electron chi connectivity index (χ3n) is 2.73. The second-order valence-corrected chi connectivity index (χ2v) is 5.33. The largest absolute Gasteiger partial charge is 0.721 e. The van der Waals surface area contributed by atoms with E-state index in [0.29, 0.717) is 0 Å². The van der Waals surface area contributed by atoms with E-state index in [-0.39, 0.29) is 17.4 Å². The summed E-state index contributed by atoms with van der Waals surface area (Å²) in [7, 11) is 0. The van der Waals surface area contributed by atoms with Crippen LogP contribution in [0.3, 0.4) is 0 Å². The number of benzene rings is 1. The second kappa shape index (κ2) is 8.83. The maximum Gasteiger partial charge on any atom is 0 e. The Labute approximate surface area is 131 Å². The van der Waals surface area contributed by atoms with Crippen LogP contribution in [0.5, 0.6) is 0 Å². The Kier molecular flexibility index (Phi) is 8.72. The topological polar surface area (TPSA) is 0 Å². The van der Waals surface area contributed by atoms with Crippen LogP contribution in [-0.4, -0.2) is 0 Å². The fraction of sp³-hybridized carbons (Fsp3) is 0.333. The molecule has 2 rings (SSSR count). The molecule has 0 radical (unpaired) electrons. The summed E-state index contributed by atoms with van der Waals surface area (Å²) >= 11 is 0. The molecular weight excluding hydrogens is 268 g/mol. The Morgan fingerprint density at radius 3 is 1.05 bits per heavy atom. The summed E-state index contributed by atoms with van der Waals surface area (Å²) in [6, 6.07) is 6.56. The quantitative estimate of drug-likeness (QED) is 0.590. The first-order valence-electron chi connectivity index (χ1n) is 6.46. The van der Waals surface area contributed by atoms with E-state index in [0.717, 1.165) is 0 Å². The van der Waals surface area contributed by atoms with E-state index in [2.05, 4.69) is 79.0 Å². The van der Waals surface area contributed by atoms with E-state index < -0.39 is 0 Å². The van der Waals surface area contributed by atoms with Gasteiger partial charge in [-0.05, 0) is 20.8 Å². The van der Waals surface area contributed by atoms with Gasteiger partial charge in [0.15, 0.2) is 0 Å². The van der Waals surface area contributed by atoms with Gasteiger partial charge in [-0.25, -0.2) is 20.8 Å². The average Bonchev–Trinajstić information content (AvgIpc) is 2.12. The molecule has 0 aliphatic heterocycles. The third-order valence-corrected chi connectivity index (χ3v) is 2.73. The zero-order chi connectivity index (χ0) is 13.7. The zero-order valence-corrected chi connectivity index (χ0v) is 14.1. The maximum atomic E-state index is 2.19. The first-order chi connectivity index (χ1) is 8.36. The minimum Gasteiger partial charge on any atom is -0.721 e. The predicted octanol–water partition coefficient (Wildman–Crippen LogP) is 5.01. The third kappa shape index (κ3) is 7.81. The Bertz CT molecular complexity index is 294. The van der Waals surface area contributed by atoms with Crippen molar-refractivity contribution in [1.29, 1.82) is 0 Å². The van der Waals surface area contributed by atoms with Gasteiger partial charge in [-0.3, -0.25) is 0 Å². The van der Waals surface area contributed by atoms with Gasteiger partial charge in [0.05, 0.1) is 0 Å². The van der Waals surface area contributed by atoms with Crippen LogP contribution < -0.4 is 0 Å². The van der Waals surface area contributed by atoms with Crippen LogP contribution in [-0.2, 0) is 17.4 Å². The molecule has 0 atom stereocenters. The standard InChI is InChI=1S/2C9H12.Cr/c2*1-7-4-8(2)6-9(3)5-7;/h2*4-6H,1-3H3;/q;-6;. The van der Waals surface area contributed by atoms with E-state index in [1.54, 1.807) is 0 Å². The molecule has 0 heterocycles. The molecule has 1 aliphatic rings. The van der Waals surface area contributed by atoms with Gasteiger partial charge in [-0.15, -0.1) is 0 Å². The van der Waals surface area contributed by atoms with E-state index in [1.165, 1.54) is 34.4 Å². The van der Waals surface area contributed by atoms with Crippen molar-refractivity contribution < 1.29 is 17.4 Å². The van der Waals surface area contributed by atoms with Gasteiger partial charge in [0.2, 0.25) is 0 Å². The number of aryl methyl sites for hydroxylation is 3. The molecule has 1 aliphatic carbocycles. The summed E-state index contributed by atoms with van der Waals surface area (Å²) in [5.74, 6) is 4.06. The minimum atomic E-state index is 0. The van der Waals surface area contributed by atoms with Gasteiger partial charge in [0.1, 0.15) is 0 Å². The van der Waals surface area contributed by atoms with E-state index in [1.807, 2.05) is 0 Å². The Hall–Kier alpha value is -0.248. The minimum absolute atomic E-state index is 0. The van der Waals surface area contributed by atoms with Gasteiger partial charge in [-0.1, -0.05) is 34.9 Å². The van der Waals surface area contributed by atoms with Crippen LogP contribution in [0, 0.1) is 57.8 Å². The Balaban J connectivity index is 0.000000324. The van der Waals surface area contributed by atoms with Gasteiger partial charge in [-0.2, -0.15) is 0 Å². The van der Waals surface area contributed by atoms with Crippen molar-refractivity contribution in [3.05, 3.63) is 71.9 Å². The van der Waals surface area contributed by atoms with Crippen LogP contribution in [0.15, 0.2) is 18.2 Å². The molecule has 108 valence electrons. The van der Waals surface area contributed by atoms with Crippen molar-refractivity contribution in [2.45, 2.75) is 41.5 Å². The van der Waals surface area contributed by atoms with Crippen molar-refractivity contribution in [2.24, 2.45) is 0 Å². The van der Waals surface area contributed by atoms with Gasteiger partial charge >= 0.3 is 0 Å². The molecule has 1 fully saturated rings. The molecule has 0 saturated heterocycles. The first kappa shape index (κ1) is 18.8. The van der Waals surface area contributed by atoms with Gasteiger partial charge in [0.25, 0.3) is 0 Å². The van der Waals surface area contributed by atoms with Crippen LogP contribution in [0.1, 0.15) is 37.5 Å². The summed E-state index contributed by atoms with van der Waals surface area (Å²) in [6.45, 7) is 12.8. The number of hydrogen-bond donors (Lipinski definition) is 0. The monoisotopic (exact) mass is 292 g/mol. The molecule has 1 aromatic carbocycles. The smallest absolute Gasteiger partial charge is 0 e. The number of rotatable bonds is 0. The van der Waals surface area contributed by atoms with Crippen molar-refractivity contribution in [3.63, 3.8) is 0 Å². The summed E-state index contributed by atoms with van der Waals surface area (Å²) in [4.78, 5) is 0. The molecule has 0 amide bonds. The molecule has 0 bridgehead atoms. The molecule has 19 heavy (non-hydrogen) atoms. The van der Waals surface area contributed by atoms with Crippen molar-refractivity contribution in [3.8, 4) is 0 Å². The molecular formula is C18H24Cr-6. The van der Waals surface area contributed by atoms with Gasteiger partial charge in [0, 0.05) is 17.4 Å². The Morgan fingerprint density at radius 1 is 0.632 bits per heavy atom. The van der Waals surface area contributed by atoms with Crippen LogP contribution in [0.4, 0.5) is 0 Å². The fourth-order valence-corrected chi connectivity index (χ4v) is 2.40. The molecule has 0 unspecified atom stereocenters. The SMILES string of the molecule is C[C-]1[CH-][C-](C)[CH-][C-](C)[CH-]1.Cc1cc(C)cc(C)c1.[Cr]. The Morgan fingerprint density at radius 2 is 0.842 bits per heavy atom. The molecule has 1 aromatic rings. The molecule has 0 aromatic heterocycles. The van der Waals surface area contributed by atoms with E-state index in [9.17, 15) is 0 Å². The molecule has 1 heteroatoms. The van der Waals surface area contributed by atoms with Crippen molar-refractivity contribution >= 4 is 0 Å². The summed E-state index contributed by atoms with van der Waals surface area (Å²) in [5, 5.41) is 0. The van der Waals surface area contributed by atoms with Crippen LogP contribution >= 0.6 is 0 Å². The predicted molar refractivity (Wildman–Crippen MR) is 80.3 cm³/mol. The van der Waals surface area contributed by atoms with E-state index >= 15 is 0 Å². The normalized spacial score (nSPS) is 17.4. The van der Waals surface area contributed by atoms with Crippen molar-refractivity contribution in [2.75, 3.05) is 0 Å². The summed E-state index contributed by atoms with van der Waals surface area (Å²) < 4.78 is 0. The van der Waals surface area contributed by atoms with E-state index in [4.69, 9.17) is 0 Å². The fourth-order valence-electron chi connectivity index (χ4n) is 2.40. The van der Waals surface area contributed by atoms with Crippen LogP contribution in [0.2, 0.25) is 0 Å². The molecule has 0 nitrogen and oxygen atoms in total. The molecule has 0 N–H and O–H groups in total. The summed E-state index contributed by atoms with van der Waals surface area (Å²) in [6.07, 6.45) is 6.56. The summed E-state index contributed by atoms with van der Waals surface area (Å²) in [5.41, 5.74) is 4.06.